The summed E-state index contributed by atoms with van der Waals surface area (Å²) < 4.78 is 18.6. The second-order valence-corrected chi connectivity index (χ2v) is 7.41. The molecule has 0 unspecified atom stereocenters. The Kier molecular flexibility index (Phi) is 6.37. The number of hydrogen-bond acceptors (Lipinski definition) is 4. The number of nitrogens with one attached hydrogen (secondary N) is 2. The maximum atomic E-state index is 13.1. The van der Waals surface area contributed by atoms with Crippen molar-refractivity contribution in [3.8, 4) is 5.75 Å². The molecule has 0 aromatic heterocycles. The van der Waals surface area contributed by atoms with Crippen molar-refractivity contribution < 1.29 is 23.5 Å². The number of anilines is 2. The Hall–Kier alpha value is -4.17. The standard InChI is InChI=1S/C24H17ClFN3O4/c25-19-12-15(6-11-21(19)33-14-22(30)27-17-4-2-1-3-5-17)13-20-23(31)29(24(32)28-20)18-9-7-16(26)8-10-18/h1-13H,14H2,(H,27,30)(H,28,32)/b20-13+. The summed E-state index contributed by atoms with van der Waals surface area (Å²) in [5.41, 5.74) is 1.47. The summed E-state index contributed by atoms with van der Waals surface area (Å²) in [6.45, 7) is -0.240. The van der Waals surface area contributed by atoms with Crippen LogP contribution < -0.4 is 20.3 Å². The Morgan fingerprint density at radius 2 is 1.79 bits per heavy atom. The number of carbonyl (C=O) groups excluding carboxylic acids is 3. The largest absolute Gasteiger partial charge is 0.482 e. The van der Waals surface area contributed by atoms with Gasteiger partial charge in [0.15, 0.2) is 6.61 Å². The molecule has 9 heteroatoms. The first kappa shape index (κ1) is 22.0. The van der Waals surface area contributed by atoms with Crippen LogP contribution in [0.4, 0.5) is 20.6 Å². The maximum absolute atomic E-state index is 13.1. The normalized spacial score (nSPS) is 14.4. The highest BCUT2D eigenvalue weighted by molar-refractivity contribution is 6.32. The summed E-state index contributed by atoms with van der Waals surface area (Å²) in [6, 6.07) is 18.0. The second-order valence-electron chi connectivity index (χ2n) is 7.00. The Labute approximate surface area is 193 Å². The number of imide groups is 1. The van der Waals surface area contributed by atoms with Gasteiger partial charge in [0.2, 0.25) is 0 Å². The quantitative estimate of drug-likeness (QED) is 0.411. The van der Waals surface area contributed by atoms with Crippen molar-refractivity contribution in [3.05, 3.63) is 94.9 Å². The molecule has 7 nitrogen and oxygen atoms in total. The number of benzene rings is 3. The molecule has 4 amide bonds. The van der Waals surface area contributed by atoms with Crippen LogP contribution in [0.15, 0.2) is 78.5 Å². The third-order valence-corrected chi connectivity index (χ3v) is 4.94. The van der Waals surface area contributed by atoms with Crippen LogP contribution in [-0.2, 0) is 9.59 Å². The molecule has 1 aliphatic heterocycles. The number of urea groups is 1. The van der Waals surface area contributed by atoms with Crippen molar-refractivity contribution >= 4 is 46.9 Å². The van der Waals surface area contributed by atoms with Crippen LogP contribution >= 0.6 is 11.6 Å². The maximum Gasteiger partial charge on any atom is 0.333 e. The average molecular weight is 466 g/mol. The van der Waals surface area contributed by atoms with Crippen molar-refractivity contribution in [3.63, 3.8) is 0 Å². The number of amides is 4. The number of halogens is 2. The van der Waals surface area contributed by atoms with Crippen molar-refractivity contribution in [1.82, 2.24) is 5.32 Å². The third-order valence-electron chi connectivity index (χ3n) is 4.65. The summed E-state index contributed by atoms with van der Waals surface area (Å²) >= 11 is 6.26. The summed E-state index contributed by atoms with van der Waals surface area (Å²) in [7, 11) is 0. The van der Waals surface area contributed by atoms with E-state index < -0.39 is 17.8 Å². The van der Waals surface area contributed by atoms with Crippen LogP contribution in [0.1, 0.15) is 5.56 Å². The van der Waals surface area contributed by atoms with Gasteiger partial charge in [-0.25, -0.2) is 14.1 Å². The number of nitrogens with zero attached hydrogens (tertiary/aromatic N) is 1. The van der Waals surface area contributed by atoms with E-state index in [2.05, 4.69) is 10.6 Å². The number of carbonyl (C=O) groups is 3. The van der Waals surface area contributed by atoms with E-state index in [4.69, 9.17) is 16.3 Å². The Morgan fingerprint density at radius 1 is 1.06 bits per heavy atom. The molecule has 0 bridgehead atoms. The number of hydrogen-bond donors (Lipinski definition) is 2. The molecule has 0 radical (unpaired) electrons. The molecule has 1 fully saturated rings. The fourth-order valence-corrected chi connectivity index (χ4v) is 3.36. The Bertz CT molecular complexity index is 1250. The molecule has 3 aromatic carbocycles. The summed E-state index contributed by atoms with van der Waals surface area (Å²) in [5, 5.41) is 5.42. The lowest BCUT2D eigenvalue weighted by Gasteiger charge is -2.11. The van der Waals surface area contributed by atoms with E-state index in [1.807, 2.05) is 6.07 Å². The monoisotopic (exact) mass is 465 g/mol. The topological polar surface area (TPSA) is 87.7 Å². The molecule has 33 heavy (non-hydrogen) atoms. The minimum atomic E-state index is -0.645. The second kappa shape index (κ2) is 9.54. The molecule has 0 atom stereocenters. The van der Waals surface area contributed by atoms with Crippen molar-refractivity contribution in [2.75, 3.05) is 16.8 Å². The molecular formula is C24H17ClFN3O4. The lowest BCUT2D eigenvalue weighted by atomic mass is 10.1. The summed E-state index contributed by atoms with van der Waals surface area (Å²) in [6.07, 6.45) is 1.46. The van der Waals surface area contributed by atoms with Gasteiger partial charge < -0.3 is 15.4 Å². The predicted octanol–water partition coefficient (Wildman–Crippen LogP) is 4.59. The zero-order valence-electron chi connectivity index (χ0n) is 17.0. The lowest BCUT2D eigenvalue weighted by molar-refractivity contribution is -0.118. The number of para-hydroxylation sites is 1. The zero-order valence-corrected chi connectivity index (χ0v) is 17.8. The molecule has 166 valence electrons. The first-order valence-electron chi connectivity index (χ1n) is 9.80. The van der Waals surface area contributed by atoms with Gasteiger partial charge in [-0.2, -0.15) is 0 Å². The molecule has 0 aliphatic carbocycles. The van der Waals surface area contributed by atoms with E-state index in [0.29, 0.717) is 11.3 Å². The minimum Gasteiger partial charge on any atom is -0.482 e. The van der Waals surface area contributed by atoms with Gasteiger partial charge in [0, 0.05) is 5.69 Å². The lowest BCUT2D eigenvalue weighted by Crippen LogP contribution is -2.30. The molecule has 1 saturated heterocycles. The first-order chi connectivity index (χ1) is 15.9. The fourth-order valence-electron chi connectivity index (χ4n) is 3.11. The highest BCUT2D eigenvalue weighted by Gasteiger charge is 2.34. The van der Waals surface area contributed by atoms with E-state index in [1.54, 1.807) is 42.5 Å². The molecule has 0 spiro atoms. The van der Waals surface area contributed by atoms with Crippen LogP contribution in [-0.4, -0.2) is 24.5 Å². The molecule has 1 aliphatic rings. The van der Waals surface area contributed by atoms with Crippen LogP contribution in [0, 0.1) is 5.82 Å². The number of rotatable bonds is 6. The van der Waals surface area contributed by atoms with Crippen LogP contribution in [0.5, 0.6) is 5.75 Å². The molecule has 3 aromatic rings. The van der Waals surface area contributed by atoms with Gasteiger partial charge in [-0.1, -0.05) is 35.9 Å². The van der Waals surface area contributed by atoms with Gasteiger partial charge in [0.05, 0.1) is 10.7 Å². The predicted molar refractivity (Wildman–Crippen MR) is 122 cm³/mol. The average Bonchev–Trinajstić information content (AvgIpc) is 3.07. The van der Waals surface area contributed by atoms with Gasteiger partial charge in [-0.05, 0) is 60.2 Å². The molecular weight excluding hydrogens is 449 g/mol. The van der Waals surface area contributed by atoms with E-state index in [1.165, 1.54) is 18.2 Å². The number of ether oxygens (including phenoxy) is 1. The van der Waals surface area contributed by atoms with Gasteiger partial charge in [-0.15, -0.1) is 0 Å². The zero-order chi connectivity index (χ0) is 23.4. The highest BCUT2D eigenvalue weighted by atomic mass is 35.5. The van der Waals surface area contributed by atoms with E-state index in [-0.39, 0.29) is 34.7 Å². The van der Waals surface area contributed by atoms with Crippen LogP contribution in [0.25, 0.3) is 6.08 Å². The van der Waals surface area contributed by atoms with E-state index in [9.17, 15) is 18.8 Å². The van der Waals surface area contributed by atoms with Crippen molar-refractivity contribution in [1.29, 1.82) is 0 Å². The minimum absolute atomic E-state index is 0.0382. The summed E-state index contributed by atoms with van der Waals surface area (Å²) in [5.74, 6) is -1.11. The van der Waals surface area contributed by atoms with Crippen molar-refractivity contribution in [2.24, 2.45) is 0 Å². The SMILES string of the molecule is O=C(COc1ccc(/C=C2/NC(=O)N(c3ccc(F)cc3)C2=O)cc1Cl)Nc1ccccc1. The van der Waals surface area contributed by atoms with E-state index >= 15 is 0 Å². The molecule has 4 rings (SSSR count). The Morgan fingerprint density at radius 3 is 2.48 bits per heavy atom. The Balaban J connectivity index is 1.42. The molecule has 2 N–H and O–H groups in total. The van der Waals surface area contributed by atoms with Gasteiger partial charge >= 0.3 is 6.03 Å². The third kappa shape index (κ3) is 5.19. The highest BCUT2D eigenvalue weighted by Crippen LogP contribution is 2.28. The smallest absolute Gasteiger partial charge is 0.333 e. The first-order valence-corrected chi connectivity index (χ1v) is 10.2. The fraction of sp³-hybridized carbons (Fsp3) is 0.0417. The van der Waals surface area contributed by atoms with Gasteiger partial charge in [0.1, 0.15) is 17.3 Å². The van der Waals surface area contributed by atoms with Crippen LogP contribution in [0.2, 0.25) is 5.02 Å². The molecule has 0 saturated carbocycles. The van der Waals surface area contributed by atoms with Crippen molar-refractivity contribution in [2.45, 2.75) is 0 Å². The van der Waals surface area contributed by atoms with E-state index in [0.717, 1.165) is 17.0 Å². The summed E-state index contributed by atoms with van der Waals surface area (Å²) in [4.78, 5) is 37.9. The molecule has 1 heterocycles. The van der Waals surface area contributed by atoms with Gasteiger partial charge in [0.25, 0.3) is 11.8 Å². The van der Waals surface area contributed by atoms with Crippen LogP contribution in [0.3, 0.4) is 0 Å². The van der Waals surface area contributed by atoms with Gasteiger partial charge in [-0.3, -0.25) is 9.59 Å².